The Hall–Kier alpha value is -5.01. The van der Waals surface area contributed by atoms with Crippen LogP contribution in [0.15, 0.2) is 67.1 Å². The molecule has 5 heterocycles. The van der Waals surface area contributed by atoms with Crippen LogP contribution >= 0.6 is 0 Å². The van der Waals surface area contributed by atoms with Gasteiger partial charge in [0.15, 0.2) is 9.84 Å². The number of carbonyl (C=O) groups is 1. The summed E-state index contributed by atoms with van der Waals surface area (Å²) in [5, 5.41) is 9.85. The summed E-state index contributed by atoms with van der Waals surface area (Å²) in [5.41, 5.74) is 12.2. The number of rotatable bonds is 7. The lowest BCUT2D eigenvalue weighted by Gasteiger charge is -2.12. The molecule has 1 fully saturated rings. The Balaban J connectivity index is 1.25. The molecular weight excluding hydrogens is 595 g/mol. The van der Waals surface area contributed by atoms with Gasteiger partial charge in [0.05, 0.1) is 28.8 Å². The van der Waals surface area contributed by atoms with E-state index in [4.69, 9.17) is 10.7 Å². The van der Waals surface area contributed by atoms with Crippen LogP contribution in [0.2, 0.25) is 0 Å². The number of fused-ring (bicyclic) bond motifs is 2. The number of nitrogens with one attached hydrogen (secondary N) is 3. The highest BCUT2D eigenvalue weighted by atomic mass is 32.2. The molecule has 11 nitrogen and oxygen atoms in total. The number of hydrogen-bond donors (Lipinski definition) is 4. The second-order valence-electron chi connectivity index (χ2n) is 11.4. The zero-order chi connectivity index (χ0) is 31.3. The molecule has 1 atom stereocenters. The molecular formula is C32H29FN8O3S. The molecule has 0 spiro atoms. The predicted octanol–water partition coefficient (Wildman–Crippen LogP) is 5.50. The normalized spacial score (nSPS) is 14.7. The van der Waals surface area contributed by atoms with Gasteiger partial charge in [0, 0.05) is 35.5 Å². The van der Waals surface area contributed by atoms with Crippen molar-refractivity contribution >= 4 is 43.5 Å². The van der Waals surface area contributed by atoms with E-state index in [0.29, 0.717) is 56.0 Å². The van der Waals surface area contributed by atoms with E-state index in [2.05, 4.69) is 30.5 Å². The molecule has 1 unspecified atom stereocenters. The number of pyridine rings is 3. The lowest BCUT2D eigenvalue weighted by atomic mass is 10.0. The second kappa shape index (κ2) is 11.2. The minimum absolute atomic E-state index is 0.0199. The molecule has 1 aromatic carbocycles. The van der Waals surface area contributed by atoms with Gasteiger partial charge in [-0.3, -0.25) is 14.9 Å². The highest BCUT2D eigenvalue weighted by molar-refractivity contribution is 7.90. The molecule has 7 rings (SSSR count). The fourth-order valence-electron chi connectivity index (χ4n) is 5.91. The van der Waals surface area contributed by atoms with Gasteiger partial charge in [-0.1, -0.05) is 12.8 Å². The summed E-state index contributed by atoms with van der Waals surface area (Å²) in [4.78, 5) is 29.6. The van der Waals surface area contributed by atoms with E-state index in [1.54, 1.807) is 30.7 Å². The number of benzene rings is 1. The number of anilines is 1. The lowest BCUT2D eigenvalue weighted by Crippen LogP contribution is -2.20. The van der Waals surface area contributed by atoms with Crippen molar-refractivity contribution in [1.29, 1.82) is 0 Å². The van der Waals surface area contributed by atoms with Crippen molar-refractivity contribution in [2.75, 3.05) is 11.6 Å². The van der Waals surface area contributed by atoms with Gasteiger partial charge in [0.2, 0.25) is 5.91 Å². The molecule has 1 amide bonds. The van der Waals surface area contributed by atoms with E-state index >= 15 is 0 Å². The van der Waals surface area contributed by atoms with E-state index in [1.165, 1.54) is 6.07 Å². The summed E-state index contributed by atoms with van der Waals surface area (Å²) < 4.78 is 38.8. The van der Waals surface area contributed by atoms with Crippen LogP contribution in [0.25, 0.3) is 55.8 Å². The first-order valence-corrected chi connectivity index (χ1v) is 16.4. The number of nitrogens with two attached hydrogens (primary N) is 1. The zero-order valence-electron chi connectivity index (χ0n) is 24.2. The molecule has 228 valence electrons. The molecule has 0 aliphatic heterocycles. The monoisotopic (exact) mass is 624 g/mol. The molecule has 5 N–H and O–H groups in total. The Morgan fingerprint density at radius 1 is 1.07 bits per heavy atom. The van der Waals surface area contributed by atoms with Crippen LogP contribution in [0.5, 0.6) is 0 Å². The minimum atomic E-state index is -3.64. The topological polar surface area (TPSA) is 172 Å². The molecule has 5 aromatic heterocycles. The van der Waals surface area contributed by atoms with Crippen molar-refractivity contribution in [3.8, 4) is 33.8 Å². The molecule has 0 saturated heterocycles. The Bertz CT molecular complexity index is 2210. The largest absolute Gasteiger partial charge is 0.338 e. The van der Waals surface area contributed by atoms with Crippen LogP contribution in [-0.2, 0) is 14.6 Å². The Labute approximate surface area is 257 Å². The van der Waals surface area contributed by atoms with E-state index in [9.17, 15) is 17.6 Å². The first-order valence-electron chi connectivity index (χ1n) is 14.5. The first-order chi connectivity index (χ1) is 21.6. The standard InChI is InChI=1S/C32H29FN8O3S/c1-45(43,44)30(34)19-10-18(11-21(33)12-19)23-8-9-36-31-24(23)14-27(39-31)29-28-26(40-41-29)7-6-25(38-28)20-13-22(16-35-15-20)37-32(42)17-4-2-3-5-17/h6-17,30H,2-5,34H2,1H3,(H,36,39)(H,37,42)(H,40,41). The van der Waals surface area contributed by atoms with Crippen LogP contribution in [-0.4, -0.2) is 50.7 Å². The quantitative estimate of drug-likeness (QED) is 0.180. The van der Waals surface area contributed by atoms with Crippen molar-refractivity contribution in [2.45, 2.75) is 31.1 Å². The van der Waals surface area contributed by atoms with Crippen LogP contribution < -0.4 is 11.1 Å². The zero-order valence-corrected chi connectivity index (χ0v) is 25.0. The molecule has 13 heteroatoms. The number of H-pyrrole nitrogens is 2. The Kier molecular flexibility index (Phi) is 7.13. The molecule has 45 heavy (non-hydrogen) atoms. The fraction of sp³-hybridized carbons (Fsp3) is 0.219. The number of carbonyl (C=O) groups excluding carboxylic acids is 1. The van der Waals surface area contributed by atoms with Crippen LogP contribution in [0.1, 0.15) is 36.6 Å². The third-order valence-electron chi connectivity index (χ3n) is 8.24. The van der Waals surface area contributed by atoms with Gasteiger partial charge in [0.1, 0.15) is 28.0 Å². The maximum atomic E-state index is 14.7. The van der Waals surface area contributed by atoms with Gasteiger partial charge >= 0.3 is 0 Å². The van der Waals surface area contributed by atoms with Gasteiger partial charge in [-0.05, 0) is 78.1 Å². The van der Waals surface area contributed by atoms with Crippen molar-refractivity contribution in [3.05, 3.63) is 78.5 Å². The van der Waals surface area contributed by atoms with Gasteiger partial charge in [0.25, 0.3) is 0 Å². The number of hydrogen-bond acceptors (Lipinski definition) is 8. The summed E-state index contributed by atoms with van der Waals surface area (Å²) >= 11 is 0. The third-order valence-corrected chi connectivity index (χ3v) is 9.44. The van der Waals surface area contributed by atoms with E-state index in [-0.39, 0.29) is 17.4 Å². The Morgan fingerprint density at radius 3 is 2.69 bits per heavy atom. The third kappa shape index (κ3) is 5.56. The molecule has 0 bridgehead atoms. The summed E-state index contributed by atoms with van der Waals surface area (Å²) in [6.07, 6.45) is 9.90. The maximum absolute atomic E-state index is 14.7. The van der Waals surface area contributed by atoms with Gasteiger partial charge in [-0.25, -0.2) is 22.8 Å². The van der Waals surface area contributed by atoms with E-state index in [1.807, 2.05) is 24.3 Å². The van der Waals surface area contributed by atoms with Gasteiger partial charge in [-0.15, -0.1) is 0 Å². The van der Waals surface area contributed by atoms with E-state index < -0.39 is 21.0 Å². The SMILES string of the molecule is CS(=O)(=O)C(N)c1cc(F)cc(-c2ccnc3[nH]c(-c4n[nH]c5ccc(-c6cncc(NC(=O)C7CCCC7)c6)nc45)cc23)c1. The highest BCUT2D eigenvalue weighted by Gasteiger charge is 2.23. The lowest BCUT2D eigenvalue weighted by molar-refractivity contribution is -0.119. The maximum Gasteiger partial charge on any atom is 0.227 e. The van der Waals surface area contributed by atoms with Crippen molar-refractivity contribution in [3.63, 3.8) is 0 Å². The van der Waals surface area contributed by atoms with Crippen molar-refractivity contribution < 1.29 is 17.6 Å². The number of aromatic nitrogens is 6. The number of nitrogens with zero attached hydrogens (tertiary/aromatic N) is 4. The predicted molar refractivity (Wildman–Crippen MR) is 170 cm³/mol. The van der Waals surface area contributed by atoms with Crippen molar-refractivity contribution in [1.82, 2.24) is 30.1 Å². The van der Waals surface area contributed by atoms with Gasteiger partial charge in [-0.2, -0.15) is 5.10 Å². The molecule has 1 aliphatic carbocycles. The van der Waals surface area contributed by atoms with Crippen LogP contribution in [0, 0.1) is 11.7 Å². The highest BCUT2D eigenvalue weighted by Crippen LogP contribution is 2.35. The second-order valence-corrected chi connectivity index (χ2v) is 13.6. The average Bonchev–Trinajstić information content (AvgIpc) is 3.79. The smallest absolute Gasteiger partial charge is 0.227 e. The van der Waals surface area contributed by atoms with Crippen LogP contribution in [0.3, 0.4) is 0 Å². The van der Waals surface area contributed by atoms with Gasteiger partial charge < -0.3 is 16.0 Å². The molecule has 0 radical (unpaired) electrons. The summed E-state index contributed by atoms with van der Waals surface area (Å²) in [6.45, 7) is 0. The number of halogens is 1. The summed E-state index contributed by atoms with van der Waals surface area (Å²) in [6, 6.07) is 13.2. The number of amides is 1. The summed E-state index contributed by atoms with van der Waals surface area (Å²) in [5.74, 6) is -0.545. The Morgan fingerprint density at radius 2 is 1.89 bits per heavy atom. The van der Waals surface area contributed by atoms with Crippen molar-refractivity contribution in [2.24, 2.45) is 11.7 Å². The van der Waals surface area contributed by atoms with Crippen LogP contribution in [0.4, 0.5) is 10.1 Å². The number of sulfone groups is 1. The molecule has 1 saturated carbocycles. The molecule has 1 aliphatic rings. The average molecular weight is 625 g/mol. The minimum Gasteiger partial charge on any atom is -0.338 e. The fourth-order valence-corrected chi connectivity index (χ4v) is 6.54. The summed E-state index contributed by atoms with van der Waals surface area (Å²) in [7, 11) is -3.64. The van der Waals surface area contributed by atoms with E-state index in [0.717, 1.165) is 43.6 Å². The first kappa shape index (κ1) is 28.7. The number of aromatic amines is 2. The molecule has 6 aromatic rings.